The molecule has 1 rings (SSSR count). The maximum atomic E-state index is 12.4. The number of nitrogens with zero attached hydrogens (tertiary/aromatic N) is 1. The largest absolute Gasteiger partial charge is 0.383 e. The number of amides is 1. The minimum atomic E-state index is -3.59. The van der Waals surface area contributed by atoms with Crippen LogP contribution in [0.25, 0.3) is 0 Å². The van der Waals surface area contributed by atoms with Gasteiger partial charge in [0.15, 0.2) is 0 Å². The number of anilines is 1. The summed E-state index contributed by atoms with van der Waals surface area (Å²) in [6, 6.07) is 4.60. The van der Waals surface area contributed by atoms with Crippen molar-refractivity contribution >= 4 is 21.6 Å². The van der Waals surface area contributed by atoms with E-state index in [0.717, 1.165) is 17.4 Å². The number of hydrogen-bond acceptors (Lipinski definition) is 4. The number of nitrogens with one attached hydrogen (secondary N) is 1. The molecule has 0 aliphatic carbocycles. The number of carbonyl (C=O) groups excluding carboxylic acids is 1. The Kier molecular flexibility index (Phi) is 7.02. The summed E-state index contributed by atoms with van der Waals surface area (Å²) in [4.78, 5) is 12.4. The first kappa shape index (κ1) is 19.4. The van der Waals surface area contributed by atoms with E-state index in [1.165, 1.54) is 4.31 Å². The van der Waals surface area contributed by atoms with Crippen LogP contribution < -0.4 is 9.62 Å². The summed E-state index contributed by atoms with van der Waals surface area (Å²) in [7, 11) is -2.05. The van der Waals surface area contributed by atoms with Crippen LogP contribution in [-0.4, -0.2) is 46.9 Å². The van der Waals surface area contributed by atoms with Crippen molar-refractivity contribution < 1.29 is 17.9 Å². The van der Waals surface area contributed by atoms with E-state index in [4.69, 9.17) is 4.74 Å². The fraction of sp³-hybridized carbons (Fsp3) is 0.562. The molecule has 1 aromatic carbocycles. The predicted octanol–water partition coefficient (Wildman–Crippen LogP) is 1.61. The van der Waals surface area contributed by atoms with Crippen LogP contribution in [0, 0.1) is 13.8 Å². The monoisotopic (exact) mass is 342 g/mol. The smallest absolute Gasteiger partial charge is 0.243 e. The second kappa shape index (κ2) is 8.31. The number of rotatable bonds is 8. The number of methoxy groups -OCH3 is 1. The van der Waals surface area contributed by atoms with E-state index < -0.39 is 16.1 Å². The van der Waals surface area contributed by atoms with Crippen molar-refractivity contribution in [3.05, 3.63) is 29.3 Å². The lowest BCUT2D eigenvalue weighted by atomic mass is 10.1. The van der Waals surface area contributed by atoms with Gasteiger partial charge in [0.05, 0.1) is 18.6 Å². The molecule has 0 heterocycles. The van der Waals surface area contributed by atoms with Crippen molar-refractivity contribution in [2.75, 3.05) is 30.8 Å². The lowest BCUT2D eigenvalue weighted by molar-refractivity contribution is -0.122. The molecule has 1 amide bonds. The molecule has 7 heteroatoms. The van der Waals surface area contributed by atoms with Crippen LogP contribution in [0.2, 0.25) is 0 Å². The zero-order valence-electron chi connectivity index (χ0n) is 14.4. The number of benzene rings is 1. The first-order valence-corrected chi connectivity index (χ1v) is 9.40. The van der Waals surface area contributed by atoms with Gasteiger partial charge in [-0.25, -0.2) is 8.42 Å². The number of hydrogen-bond donors (Lipinski definition) is 1. The van der Waals surface area contributed by atoms with Crippen LogP contribution in [0.15, 0.2) is 18.2 Å². The molecule has 0 aliphatic heterocycles. The van der Waals surface area contributed by atoms with Gasteiger partial charge in [0.2, 0.25) is 15.9 Å². The average Bonchev–Trinajstić information content (AvgIpc) is 2.46. The Morgan fingerprint density at radius 3 is 2.43 bits per heavy atom. The molecule has 0 unspecified atom stereocenters. The number of sulfonamides is 1. The topological polar surface area (TPSA) is 75.7 Å². The van der Waals surface area contributed by atoms with E-state index in [-0.39, 0.29) is 5.91 Å². The summed E-state index contributed by atoms with van der Waals surface area (Å²) in [5, 5.41) is 2.71. The normalized spacial score (nSPS) is 12.7. The average molecular weight is 342 g/mol. The molecule has 130 valence electrons. The van der Waals surface area contributed by atoms with Crippen LogP contribution in [0.1, 0.15) is 24.5 Å². The van der Waals surface area contributed by atoms with Crippen molar-refractivity contribution in [3.8, 4) is 0 Å². The van der Waals surface area contributed by atoms with Gasteiger partial charge in [0, 0.05) is 13.7 Å². The van der Waals surface area contributed by atoms with Gasteiger partial charge in [-0.05, 0) is 43.5 Å². The molecule has 23 heavy (non-hydrogen) atoms. The molecule has 0 saturated carbocycles. The van der Waals surface area contributed by atoms with Gasteiger partial charge in [-0.1, -0.05) is 13.0 Å². The van der Waals surface area contributed by atoms with E-state index in [1.54, 1.807) is 26.2 Å². The van der Waals surface area contributed by atoms with Crippen molar-refractivity contribution in [2.45, 2.75) is 33.2 Å². The van der Waals surface area contributed by atoms with Gasteiger partial charge in [-0.2, -0.15) is 0 Å². The first-order chi connectivity index (χ1) is 10.7. The lowest BCUT2D eigenvalue weighted by Crippen LogP contribution is -2.49. The van der Waals surface area contributed by atoms with E-state index in [1.807, 2.05) is 19.9 Å². The molecular formula is C16H26N2O4S. The zero-order chi connectivity index (χ0) is 17.6. The molecule has 0 radical (unpaired) electrons. The Morgan fingerprint density at radius 2 is 1.96 bits per heavy atom. The molecule has 1 atom stereocenters. The number of ether oxygens (including phenoxy) is 1. The Hall–Kier alpha value is -1.60. The van der Waals surface area contributed by atoms with Crippen LogP contribution >= 0.6 is 0 Å². The predicted molar refractivity (Wildman–Crippen MR) is 92.2 cm³/mol. The summed E-state index contributed by atoms with van der Waals surface area (Å²) < 4.78 is 30.7. The highest BCUT2D eigenvalue weighted by atomic mass is 32.2. The maximum absolute atomic E-state index is 12.4. The van der Waals surface area contributed by atoms with Crippen LogP contribution in [-0.2, 0) is 19.6 Å². The van der Waals surface area contributed by atoms with Gasteiger partial charge < -0.3 is 10.1 Å². The SMILES string of the molecule is CC[C@@H](C(=O)NCCOC)N(c1ccc(C)c(C)c1)S(C)(=O)=O. The Morgan fingerprint density at radius 1 is 1.30 bits per heavy atom. The second-order valence-corrected chi connectivity index (χ2v) is 7.39. The van der Waals surface area contributed by atoms with Gasteiger partial charge >= 0.3 is 0 Å². The number of carbonyl (C=O) groups is 1. The quantitative estimate of drug-likeness (QED) is 0.728. The second-order valence-electron chi connectivity index (χ2n) is 5.54. The molecule has 1 aromatic rings. The molecule has 0 fully saturated rings. The molecule has 0 aliphatic rings. The third kappa shape index (κ3) is 5.21. The highest BCUT2D eigenvalue weighted by molar-refractivity contribution is 7.92. The van der Waals surface area contributed by atoms with E-state index in [9.17, 15) is 13.2 Å². The van der Waals surface area contributed by atoms with Crippen molar-refractivity contribution in [1.82, 2.24) is 5.32 Å². The molecule has 1 N–H and O–H groups in total. The van der Waals surface area contributed by atoms with Gasteiger partial charge in [0.25, 0.3) is 0 Å². The summed E-state index contributed by atoms with van der Waals surface area (Å²) in [6.07, 6.45) is 1.49. The van der Waals surface area contributed by atoms with Crippen LogP contribution in [0.5, 0.6) is 0 Å². The summed E-state index contributed by atoms with van der Waals surface area (Å²) in [5.41, 5.74) is 2.55. The molecule has 0 bridgehead atoms. The third-order valence-corrected chi connectivity index (χ3v) is 4.86. The highest BCUT2D eigenvalue weighted by Crippen LogP contribution is 2.25. The third-order valence-electron chi connectivity index (χ3n) is 3.68. The lowest BCUT2D eigenvalue weighted by Gasteiger charge is -2.30. The molecule has 0 spiro atoms. The summed E-state index contributed by atoms with van der Waals surface area (Å²) in [6.45, 7) is 6.39. The van der Waals surface area contributed by atoms with Crippen molar-refractivity contribution in [2.24, 2.45) is 0 Å². The minimum Gasteiger partial charge on any atom is -0.383 e. The molecule has 6 nitrogen and oxygen atoms in total. The van der Waals surface area contributed by atoms with Crippen LogP contribution in [0.4, 0.5) is 5.69 Å². The minimum absolute atomic E-state index is 0.326. The molecular weight excluding hydrogens is 316 g/mol. The van der Waals surface area contributed by atoms with Gasteiger partial charge in [-0.3, -0.25) is 9.10 Å². The first-order valence-electron chi connectivity index (χ1n) is 7.55. The summed E-state index contributed by atoms with van der Waals surface area (Å²) in [5.74, 6) is -0.326. The van der Waals surface area contributed by atoms with E-state index >= 15 is 0 Å². The van der Waals surface area contributed by atoms with Gasteiger partial charge in [0.1, 0.15) is 6.04 Å². The zero-order valence-corrected chi connectivity index (χ0v) is 15.2. The number of aryl methyl sites for hydroxylation is 2. The van der Waals surface area contributed by atoms with E-state index in [2.05, 4.69) is 5.32 Å². The van der Waals surface area contributed by atoms with Crippen molar-refractivity contribution in [3.63, 3.8) is 0 Å². The fourth-order valence-electron chi connectivity index (χ4n) is 2.32. The molecule has 0 aromatic heterocycles. The standard InChI is InChI=1S/C16H26N2O4S/c1-6-15(16(19)17-9-10-22-4)18(23(5,20)21)14-8-7-12(2)13(3)11-14/h7-8,11,15H,6,9-10H2,1-5H3,(H,17,19)/t15-/m0/s1. The Bertz CT molecular complexity index is 643. The fourth-order valence-corrected chi connectivity index (χ4v) is 3.52. The van der Waals surface area contributed by atoms with E-state index in [0.29, 0.717) is 25.3 Å². The Labute approximate surface area is 138 Å². The van der Waals surface area contributed by atoms with Crippen LogP contribution in [0.3, 0.4) is 0 Å². The summed E-state index contributed by atoms with van der Waals surface area (Å²) >= 11 is 0. The van der Waals surface area contributed by atoms with Crippen molar-refractivity contribution in [1.29, 1.82) is 0 Å². The highest BCUT2D eigenvalue weighted by Gasteiger charge is 2.31. The van der Waals surface area contributed by atoms with Gasteiger partial charge in [-0.15, -0.1) is 0 Å². The Balaban J connectivity index is 3.18. The molecule has 0 saturated heterocycles. The maximum Gasteiger partial charge on any atom is 0.243 e.